The number of aromatic nitrogens is 1. The summed E-state index contributed by atoms with van der Waals surface area (Å²) in [7, 11) is 0. The zero-order valence-electron chi connectivity index (χ0n) is 15.3. The van der Waals surface area contributed by atoms with Crippen LogP contribution in [0, 0.1) is 0 Å². The normalized spacial score (nSPS) is 12.1. The highest BCUT2D eigenvalue weighted by atomic mass is 32.1. The molecule has 2 heterocycles. The third kappa shape index (κ3) is 4.02. The molecule has 0 fully saturated rings. The number of H-pyrrole nitrogens is 1. The number of carbonyl (C=O) groups excluding carboxylic acids is 1. The van der Waals surface area contributed by atoms with Gasteiger partial charge in [-0.05, 0) is 55.0 Å². The second kappa shape index (κ2) is 8.27. The van der Waals surface area contributed by atoms with Gasteiger partial charge in [-0.1, -0.05) is 13.0 Å². The van der Waals surface area contributed by atoms with Gasteiger partial charge in [0.2, 0.25) is 0 Å². The molecular formula is C20H24N2O3S. The van der Waals surface area contributed by atoms with Crippen molar-refractivity contribution in [1.29, 1.82) is 0 Å². The Morgan fingerprint density at radius 3 is 2.65 bits per heavy atom. The van der Waals surface area contributed by atoms with Crippen molar-refractivity contribution >= 4 is 27.5 Å². The number of hydrogen-bond acceptors (Lipinski definition) is 4. The molecule has 0 aliphatic rings. The van der Waals surface area contributed by atoms with Crippen LogP contribution in [0.4, 0.5) is 0 Å². The predicted octanol–water partition coefficient (Wildman–Crippen LogP) is 4.56. The van der Waals surface area contributed by atoms with E-state index in [2.05, 4.69) is 17.2 Å². The first-order valence-corrected chi connectivity index (χ1v) is 9.74. The molecule has 1 aromatic carbocycles. The Balaban J connectivity index is 1.65. The van der Waals surface area contributed by atoms with Gasteiger partial charge in [-0.2, -0.15) is 0 Å². The van der Waals surface area contributed by atoms with Crippen LogP contribution in [0.3, 0.4) is 0 Å². The third-order valence-corrected chi connectivity index (χ3v) is 5.05. The van der Waals surface area contributed by atoms with Crippen molar-refractivity contribution in [2.45, 2.75) is 26.7 Å². The summed E-state index contributed by atoms with van der Waals surface area (Å²) < 4.78 is 12.4. The molecule has 6 heteroatoms. The largest absolute Gasteiger partial charge is 0.490 e. The minimum absolute atomic E-state index is 0.0868. The Hall–Kier alpha value is -2.47. The van der Waals surface area contributed by atoms with E-state index < -0.39 is 0 Å². The molecule has 138 valence electrons. The molecule has 0 radical (unpaired) electrons. The standard InChI is InChI=1S/C20H24N2O3S/c1-4-24-17-7-6-14(10-18(17)25-5-2)13(3)12-21-20(23)16-11-19-15(22-16)8-9-26-19/h6-11,13,22H,4-5,12H2,1-3H3,(H,21,23). The lowest BCUT2D eigenvalue weighted by atomic mass is 10.0. The van der Waals surface area contributed by atoms with Gasteiger partial charge in [0.25, 0.3) is 5.91 Å². The first kappa shape index (κ1) is 18.3. The summed E-state index contributed by atoms with van der Waals surface area (Å²) in [5.74, 6) is 1.57. The summed E-state index contributed by atoms with van der Waals surface area (Å²) >= 11 is 1.62. The van der Waals surface area contributed by atoms with E-state index in [1.807, 2.05) is 49.6 Å². The summed E-state index contributed by atoms with van der Waals surface area (Å²) in [5, 5.41) is 5.01. The Bertz CT molecular complexity index is 856. The number of aromatic amines is 1. The van der Waals surface area contributed by atoms with Gasteiger partial charge in [-0.3, -0.25) is 4.79 Å². The fourth-order valence-electron chi connectivity index (χ4n) is 2.80. The van der Waals surface area contributed by atoms with E-state index >= 15 is 0 Å². The van der Waals surface area contributed by atoms with Crippen LogP contribution in [0.2, 0.25) is 0 Å². The molecular weight excluding hydrogens is 348 g/mol. The highest BCUT2D eigenvalue weighted by molar-refractivity contribution is 7.17. The highest BCUT2D eigenvalue weighted by Crippen LogP contribution is 2.31. The number of amides is 1. The summed E-state index contributed by atoms with van der Waals surface area (Å²) in [6.45, 7) is 7.71. The molecule has 1 atom stereocenters. The van der Waals surface area contributed by atoms with Crippen molar-refractivity contribution in [1.82, 2.24) is 10.3 Å². The number of hydrogen-bond donors (Lipinski definition) is 2. The quantitative estimate of drug-likeness (QED) is 0.609. The molecule has 0 aliphatic carbocycles. The van der Waals surface area contributed by atoms with E-state index in [1.54, 1.807) is 11.3 Å². The number of fused-ring (bicyclic) bond motifs is 1. The molecule has 1 unspecified atom stereocenters. The number of ether oxygens (including phenoxy) is 2. The maximum absolute atomic E-state index is 12.4. The number of benzene rings is 1. The van der Waals surface area contributed by atoms with Crippen molar-refractivity contribution in [2.24, 2.45) is 0 Å². The summed E-state index contributed by atoms with van der Waals surface area (Å²) in [4.78, 5) is 15.5. The SMILES string of the molecule is CCOc1ccc(C(C)CNC(=O)c2cc3sccc3[nH]2)cc1OCC. The molecule has 3 aromatic rings. The zero-order chi connectivity index (χ0) is 18.5. The monoisotopic (exact) mass is 372 g/mol. The van der Waals surface area contributed by atoms with Crippen molar-refractivity contribution in [2.75, 3.05) is 19.8 Å². The summed E-state index contributed by atoms with van der Waals surface area (Å²) in [6.07, 6.45) is 0. The number of rotatable bonds is 8. The van der Waals surface area contributed by atoms with Gasteiger partial charge >= 0.3 is 0 Å². The Morgan fingerprint density at radius 1 is 1.15 bits per heavy atom. The molecule has 2 N–H and O–H groups in total. The molecule has 5 nitrogen and oxygen atoms in total. The molecule has 0 aliphatic heterocycles. The summed E-state index contributed by atoms with van der Waals surface area (Å²) in [6, 6.07) is 9.82. The van der Waals surface area contributed by atoms with Crippen LogP contribution in [0.15, 0.2) is 35.7 Å². The fourth-order valence-corrected chi connectivity index (χ4v) is 3.59. The van der Waals surface area contributed by atoms with Crippen molar-refractivity contribution < 1.29 is 14.3 Å². The number of carbonyl (C=O) groups is 1. The fraction of sp³-hybridized carbons (Fsp3) is 0.350. The lowest BCUT2D eigenvalue weighted by Gasteiger charge is -2.16. The second-order valence-electron chi connectivity index (χ2n) is 6.06. The summed E-state index contributed by atoms with van der Waals surface area (Å²) in [5.41, 5.74) is 2.70. The van der Waals surface area contributed by atoms with E-state index in [1.165, 1.54) is 0 Å². The number of thiophene rings is 1. The average molecular weight is 372 g/mol. The van der Waals surface area contributed by atoms with E-state index in [0.717, 1.165) is 27.3 Å². The van der Waals surface area contributed by atoms with Crippen molar-refractivity contribution in [3.63, 3.8) is 0 Å². The first-order chi connectivity index (χ1) is 12.6. The zero-order valence-corrected chi connectivity index (χ0v) is 16.1. The van der Waals surface area contributed by atoms with Gasteiger partial charge in [0.15, 0.2) is 11.5 Å². The maximum atomic E-state index is 12.4. The average Bonchev–Trinajstić information content (AvgIpc) is 3.23. The van der Waals surface area contributed by atoms with E-state index in [0.29, 0.717) is 25.5 Å². The van der Waals surface area contributed by atoms with Gasteiger partial charge in [0.1, 0.15) is 5.69 Å². The maximum Gasteiger partial charge on any atom is 0.267 e. The van der Waals surface area contributed by atoms with Crippen molar-refractivity contribution in [3.05, 3.63) is 47.0 Å². The lowest BCUT2D eigenvalue weighted by Crippen LogP contribution is -2.27. The highest BCUT2D eigenvalue weighted by Gasteiger charge is 2.14. The second-order valence-corrected chi connectivity index (χ2v) is 7.01. The Morgan fingerprint density at radius 2 is 1.92 bits per heavy atom. The minimum Gasteiger partial charge on any atom is -0.490 e. The molecule has 0 saturated carbocycles. The molecule has 0 spiro atoms. The van der Waals surface area contributed by atoms with Crippen LogP contribution in [0.5, 0.6) is 11.5 Å². The van der Waals surface area contributed by atoms with Gasteiger partial charge in [0, 0.05) is 6.54 Å². The van der Waals surface area contributed by atoms with Crippen molar-refractivity contribution in [3.8, 4) is 11.5 Å². The van der Waals surface area contributed by atoms with Gasteiger partial charge in [0.05, 0.1) is 23.4 Å². The number of nitrogens with one attached hydrogen (secondary N) is 2. The molecule has 3 rings (SSSR count). The Labute approximate surface area is 157 Å². The molecule has 2 aromatic heterocycles. The van der Waals surface area contributed by atoms with Crippen LogP contribution >= 0.6 is 11.3 Å². The van der Waals surface area contributed by atoms with Gasteiger partial charge in [-0.15, -0.1) is 11.3 Å². The van der Waals surface area contributed by atoms with Gasteiger partial charge in [-0.25, -0.2) is 0 Å². The predicted molar refractivity (Wildman–Crippen MR) is 106 cm³/mol. The van der Waals surface area contributed by atoms with E-state index in [-0.39, 0.29) is 11.8 Å². The molecule has 1 amide bonds. The van der Waals surface area contributed by atoms with E-state index in [9.17, 15) is 4.79 Å². The van der Waals surface area contributed by atoms with Crippen LogP contribution in [-0.4, -0.2) is 30.6 Å². The Kier molecular flexibility index (Phi) is 5.83. The van der Waals surface area contributed by atoms with Crippen LogP contribution in [0.25, 0.3) is 10.2 Å². The van der Waals surface area contributed by atoms with Crippen LogP contribution < -0.4 is 14.8 Å². The minimum atomic E-state index is -0.0868. The first-order valence-electron chi connectivity index (χ1n) is 8.86. The molecule has 26 heavy (non-hydrogen) atoms. The molecule has 0 saturated heterocycles. The lowest BCUT2D eigenvalue weighted by molar-refractivity contribution is 0.0947. The van der Waals surface area contributed by atoms with Gasteiger partial charge < -0.3 is 19.8 Å². The molecule has 0 bridgehead atoms. The third-order valence-electron chi connectivity index (χ3n) is 4.19. The van der Waals surface area contributed by atoms with E-state index in [4.69, 9.17) is 9.47 Å². The van der Waals surface area contributed by atoms with Crippen LogP contribution in [0.1, 0.15) is 42.7 Å². The van der Waals surface area contributed by atoms with Crippen LogP contribution in [-0.2, 0) is 0 Å². The topological polar surface area (TPSA) is 63.3 Å². The smallest absolute Gasteiger partial charge is 0.267 e.